The van der Waals surface area contributed by atoms with Crippen LogP contribution >= 0.6 is 0 Å². The molecule has 4 N–H and O–H groups in total. The molecule has 2 rings (SSSR count). The number of hydrogen-bond acceptors (Lipinski definition) is 4. The molecule has 0 radical (unpaired) electrons. The van der Waals surface area contributed by atoms with Crippen LogP contribution in [-0.4, -0.2) is 30.3 Å². The number of rotatable bonds is 3. The van der Waals surface area contributed by atoms with Gasteiger partial charge in [-0.1, -0.05) is 34.6 Å². The number of nitrogens with one attached hydrogen (secondary N) is 2. The van der Waals surface area contributed by atoms with Crippen LogP contribution < -0.4 is 16.4 Å². The van der Waals surface area contributed by atoms with Crippen molar-refractivity contribution in [2.24, 2.45) is 16.6 Å². The molecule has 132 valence electrons. The lowest BCUT2D eigenvalue weighted by molar-refractivity contribution is -0.122. The summed E-state index contributed by atoms with van der Waals surface area (Å²) in [5.41, 5.74) is 5.02. The third kappa shape index (κ3) is 3.60. The van der Waals surface area contributed by atoms with Crippen LogP contribution in [-0.2, 0) is 11.2 Å². The Kier molecular flexibility index (Phi) is 4.48. The fourth-order valence-corrected chi connectivity index (χ4v) is 2.77. The molecule has 7 nitrogen and oxygen atoms in total. The van der Waals surface area contributed by atoms with E-state index in [9.17, 15) is 14.4 Å². The van der Waals surface area contributed by atoms with E-state index in [1.54, 1.807) is 20.8 Å². The molecule has 0 bridgehead atoms. The van der Waals surface area contributed by atoms with Gasteiger partial charge in [-0.05, 0) is 10.8 Å². The van der Waals surface area contributed by atoms with E-state index in [1.807, 2.05) is 13.8 Å². The number of furan rings is 1. The van der Waals surface area contributed by atoms with E-state index in [1.165, 1.54) is 6.26 Å². The van der Waals surface area contributed by atoms with Crippen molar-refractivity contribution < 1.29 is 18.8 Å². The van der Waals surface area contributed by atoms with Crippen molar-refractivity contribution in [3.63, 3.8) is 0 Å². The van der Waals surface area contributed by atoms with Gasteiger partial charge in [-0.3, -0.25) is 14.4 Å². The standard InChI is InChI=1S/C17H25N3O4/c1-16(2,3)12(13(18)21)20-14(22)9-7-24-10-6-17(4,5)8-19-15(23)11(9)10/h7,12H,6,8H2,1-5H3,(H2,18,21)(H,19,23)(H,20,22)/t12-/m1/s1. The summed E-state index contributed by atoms with van der Waals surface area (Å²) >= 11 is 0. The molecule has 0 saturated heterocycles. The highest BCUT2D eigenvalue weighted by molar-refractivity contribution is 6.08. The Morgan fingerprint density at radius 3 is 2.54 bits per heavy atom. The van der Waals surface area contributed by atoms with Crippen LogP contribution in [0.2, 0.25) is 0 Å². The lowest BCUT2D eigenvalue weighted by Gasteiger charge is -2.28. The van der Waals surface area contributed by atoms with Crippen molar-refractivity contribution in [1.82, 2.24) is 10.6 Å². The van der Waals surface area contributed by atoms with E-state index in [4.69, 9.17) is 10.2 Å². The van der Waals surface area contributed by atoms with Crippen molar-refractivity contribution >= 4 is 17.7 Å². The molecule has 7 heteroatoms. The predicted octanol–water partition coefficient (Wildman–Crippen LogP) is 1.22. The van der Waals surface area contributed by atoms with Crippen LogP contribution in [0.4, 0.5) is 0 Å². The summed E-state index contributed by atoms with van der Waals surface area (Å²) in [7, 11) is 0. The van der Waals surface area contributed by atoms with Gasteiger partial charge in [-0.15, -0.1) is 0 Å². The van der Waals surface area contributed by atoms with Gasteiger partial charge in [-0.2, -0.15) is 0 Å². The molecule has 2 heterocycles. The van der Waals surface area contributed by atoms with E-state index in [0.717, 1.165) is 0 Å². The van der Waals surface area contributed by atoms with E-state index >= 15 is 0 Å². The molecule has 1 aromatic rings. The molecule has 0 aromatic carbocycles. The molecule has 0 saturated carbocycles. The summed E-state index contributed by atoms with van der Waals surface area (Å²) in [6.07, 6.45) is 1.80. The number of hydrogen-bond donors (Lipinski definition) is 3. The maximum Gasteiger partial charge on any atom is 0.256 e. The van der Waals surface area contributed by atoms with E-state index in [2.05, 4.69) is 10.6 Å². The Morgan fingerprint density at radius 1 is 1.38 bits per heavy atom. The van der Waals surface area contributed by atoms with Crippen LogP contribution in [0.3, 0.4) is 0 Å². The number of carbonyl (C=O) groups excluding carboxylic acids is 3. The van der Waals surface area contributed by atoms with Gasteiger partial charge in [0.15, 0.2) is 0 Å². The minimum atomic E-state index is -0.860. The SMILES string of the molecule is CC1(C)CNC(=O)c2c(C(=O)N[C@H](C(N)=O)C(C)(C)C)coc2C1. The fraction of sp³-hybridized carbons (Fsp3) is 0.588. The topological polar surface area (TPSA) is 114 Å². The summed E-state index contributed by atoms with van der Waals surface area (Å²) < 4.78 is 5.48. The first-order valence-electron chi connectivity index (χ1n) is 7.91. The average molecular weight is 335 g/mol. The van der Waals surface area contributed by atoms with Crippen molar-refractivity contribution in [3.8, 4) is 0 Å². The molecule has 24 heavy (non-hydrogen) atoms. The highest BCUT2D eigenvalue weighted by atomic mass is 16.3. The summed E-state index contributed by atoms with van der Waals surface area (Å²) in [5, 5.41) is 5.43. The highest BCUT2D eigenvalue weighted by Crippen LogP contribution is 2.29. The molecule has 0 spiro atoms. The maximum atomic E-state index is 12.6. The van der Waals surface area contributed by atoms with E-state index in [0.29, 0.717) is 18.7 Å². The smallest absolute Gasteiger partial charge is 0.256 e. The zero-order valence-corrected chi connectivity index (χ0v) is 14.8. The van der Waals surface area contributed by atoms with E-state index < -0.39 is 23.3 Å². The minimum Gasteiger partial charge on any atom is -0.468 e. The Balaban J connectivity index is 2.34. The number of amides is 3. The van der Waals surface area contributed by atoms with Crippen LogP contribution in [0.5, 0.6) is 0 Å². The van der Waals surface area contributed by atoms with Crippen molar-refractivity contribution in [2.75, 3.05) is 6.54 Å². The maximum absolute atomic E-state index is 12.6. The zero-order valence-electron chi connectivity index (χ0n) is 14.8. The molecular formula is C17H25N3O4. The first-order valence-corrected chi connectivity index (χ1v) is 7.91. The highest BCUT2D eigenvalue weighted by Gasteiger charge is 2.36. The molecule has 0 fully saturated rings. The van der Waals surface area contributed by atoms with Crippen molar-refractivity contribution in [2.45, 2.75) is 47.1 Å². The monoisotopic (exact) mass is 335 g/mol. The molecule has 1 atom stereocenters. The fourth-order valence-electron chi connectivity index (χ4n) is 2.77. The first kappa shape index (κ1) is 18.0. The van der Waals surface area contributed by atoms with Gasteiger partial charge in [0, 0.05) is 13.0 Å². The quantitative estimate of drug-likeness (QED) is 0.770. The Morgan fingerprint density at radius 2 is 2.00 bits per heavy atom. The van der Waals surface area contributed by atoms with Crippen LogP contribution in [0.25, 0.3) is 0 Å². The molecule has 1 aliphatic heterocycles. The minimum absolute atomic E-state index is 0.121. The van der Waals surface area contributed by atoms with Gasteiger partial charge in [0.1, 0.15) is 18.1 Å². The number of carbonyl (C=O) groups is 3. The second-order valence-corrected chi connectivity index (χ2v) is 8.15. The molecule has 1 aromatic heterocycles. The van der Waals surface area contributed by atoms with Crippen LogP contribution in [0.15, 0.2) is 10.7 Å². The Hall–Kier alpha value is -2.31. The molecule has 0 unspecified atom stereocenters. The van der Waals surface area contributed by atoms with Crippen LogP contribution in [0, 0.1) is 10.8 Å². The van der Waals surface area contributed by atoms with Crippen molar-refractivity contribution in [1.29, 1.82) is 0 Å². The third-order valence-electron chi connectivity index (χ3n) is 4.13. The molecular weight excluding hydrogens is 310 g/mol. The summed E-state index contributed by atoms with van der Waals surface area (Å²) in [6.45, 7) is 9.90. The second kappa shape index (κ2) is 5.96. The Labute approximate surface area is 141 Å². The normalized spacial score (nSPS) is 18.1. The van der Waals surface area contributed by atoms with Gasteiger partial charge < -0.3 is 20.8 Å². The lowest BCUT2D eigenvalue weighted by Crippen LogP contribution is -2.52. The lowest BCUT2D eigenvalue weighted by atomic mass is 9.86. The zero-order chi connectivity index (χ0) is 18.3. The number of nitrogens with two attached hydrogens (primary N) is 1. The van der Waals surface area contributed by atoms with Gasteiger partial charge in [0.05, 0.1) is 11.1 Å². The summed E-state index contributed by atoms with van der Waals surface area (Å²) in [4.78, 5) is 36.6. The summed E-state index contributed by atoms with van der Waals surface area (Å²) in [6, 6.07) is -0.860. The van der Waals surface area contributed by atoms with Crippen molar-refractivity contribution in [3.05, 3.63) is 23.2 Å². The third-order valence-corrected chi connectivity index (χ3v) is 4.13. The number of fused-ring (bicyclic) bond motifs is 1. The summed E-state index contributed by atoms with van der Waals surface area (Å²) in [5.74, 6) is -1.04. The predicted molar refractivity (Wildman–Crippen MR) is 88.4 cm³/mol. The van der Waals surface area contributed by atoms with Gasteiger partial charge in [0.25, 0.3) is 11.8 Å². The average Bonchev–Trinajstić information content (AvgIpc) is 2.78. The van der Waals surface area contributed by atoms with E-state index in [-0.39, 0.29) is 22.4 Å². The molecule has 3 amide bonds. The largest absolute Gasteiger partial charge is 0.468 e. The Bertz CT molecular complexity index is 682. The number of primary amides is 1. The van der Waals surface area contributed by atoms with Gasteiger partial charge >= 0.3 is 0 Å². The second-order valence-electron chi connectivity index (χ2n) is 8.15. The molecule has 1 aliphatic rings. The van der Waals surface area contributed by atoms with Gasteiger partial charge in [-0.25, -0.2) is 0 Å². The van der Waals surface area contributed by atoms with Gasteiger partial charge in [0.2, 0.25) is 5.91 Å². The molecule has 0 aliphatic carbocycles. The first-order chi connectivity index (χ1) is 10.9. The van der Waals surface area contributed by atoms with Crippen LogP contribution in [0.1, 0.15) is 61.1 Å².